The summed E-state index contributed by atoms with van der Waals surface area (Å²) in [6.45, 7) is 10.7. The molecule has 0 heterocycles. The first-order valence-electron chi connectivity index (χ1n) is 9.33. The molecule has 0 N–H and O–H groups in total. The lowest BCUT2D eigenvalue weighted by atomic mass is 9.77. The molecule has 0 spiro atoms. The number of methoxy groups -OCH3 is 3. The fourth-order valence-electron chi connectivity index (χ4n) is 3.32. The molecule has 0 aromatic carbocycles. The van der Waals surface area contributed by atoms with Crippen LogP contribution in [0.1, 0.15) is 46.5 Å². The molecule has 0 bridgehead atoms. The van der Waals surface area contributed by atoms with E-state index in [9.17, 15) is 4.79 Å². The smallest absolute Gasteiger partial charge is 0.249 e. The minimum absolute atomic E-state index is 0.0185. The average molecular weight is 383 g/mol. The molecule has 6 heteroatoms. The normalized spacial score (nSPS) is 26.0. The van der Waals surface area contributed by atoms with Gasteiger partial charge in [0, 0.05) is 21.3 Å². The Hall–Kier alpha value is -0.793. The van der Waals surface area contributed by atoms with E-state index in [0.29, 0.717) is 5.57 Å². The van der Waals surface area contributed by atoms with Crippen LogP contribution in [-0.4, -0.2) is 47.0 Å². The van der Waals surface area contributed by atoms with Gasteiger partial charge < -0.3 is 18.6 Å². The third-order valence-electron chi connectivity index (χ3n) is 6.07. The molecule has 2 aliphatic rings. The van der Waals surface area contributed by atoms with E-state index in [1.165, 1.54) is 0 Å². The monoisotopic (exact) mass is 382 g/mol. The molecular formula is C20H34O5Si. The van der Waals surface area contributed by atoms with Gasteiger partial charge in [-0.3, -0.25) is 4.79 Å². The van der Waals surface area contributed by atoms with E-state index in [1.54, 1.807) is 27.4 Å². The topological polar surface area (TPSA) is 54.0 Å². The molecule has 0 aromatic heterocycles. The standard InChI is InChI=1S/C20H34O5Si/c1-18(2,3)26(7,8)25-20(24-6)16(14-19(20,22-4)23-5)17(21)15-12-10-9-11-13-15/h12,14H,9-11,13H2,1-8H3. The van der Waals surface area contributed by atoms with Crippen LogP contribution >= 0.6 is 0 Å². The number of carbonyl (C=O) groups is 1. The van der Waals surface area contributed by atoms with Crippen LogP contribution in [-0.2, 0) is 23.4 Å². The van der Waals surface area contributed by atoms with E-state index in [4.69, 9.17) is 18.6 Å². The molecule has 0 fully saturated rings. The van der Waals surface area contributed by atoms with Crippen molar-refractivity contribution in [2.45, 2.75) is 76.2 Å². The van der Waals surface area contributed by atoms with Crippen LogP contribution < -0.4 is 0 Å². The fourth-order valence-corrected chi connectivity index (χ4v) is 4.69. The Bertz CT molecular complexity index is 610. The van der Waals surface area contributed by atoms with Crippen molar-refractivity contribution in [2.24, 2.45) is 0 Å². The summed E-state index contributed by atoms with van der Waals surface area (Å²) in [6, 6.07) is 0. The highest BCUT2D eigenvalue weighted by atomic mass is 28.4. The van der Waals surface area contributed by atoms with Crippen molar-refractivity contribution in [1.29, 1.82) is 0 Å². The lowest BCUT2D eigenvalue weighted by molar-refractivity contribution is -0.351. The molecule has 0 amide bonds. The van der Waals surface area contributed by atoms with Crippen molar-refractivity contribution >= 4 is 14.1 Å². The van der Waals surface area contributed by atoms with Crippen molar-refractivity contribution < 1.29 is 23.4 Å². The second-order valence-electron chi connectivity index (χ2n) is 8.62. The summed E-state index contributed by atoms with van der Waals surface area (Å²) in [6.07, 6.45) is 7.65. The lowest BCUT2D eigenvalue weighted by Crippen LogP contribution is -2.71. The van der Waals surface area contributed by atoms with E-state index >= 15 is 0 Å². The Morgan fingerprint density at radius 3 is 2.12 bits per heavy atom. The van der Waals surface area contributed by atoms with Gasteiger partial charge in [0.2, 0.25) is 11.6 Å². The molecule has 1 atom stereocenters. The highest BCUT2D eigenvalue weighted by molar-refractivity contribution is 6.74. The van der Waals surface area contributed by atoms with Crippen LogP contribution in [0, 0.1) is 0 Å². The number of hydrogen-bond donors (Lipinski definition) is 0. The molecular weight excluding hydrogens is 348 g/mol. The summed E-state index contributed by atoms with van der Waals surface area (Å²) in [7, 11) is 2.36. The fraction of sp³-hybridized carbons (Fsp3) is 0.750. The number of ketones is 1. The van der Waals surface area contributed by atoms with Gasteiger partial charge in [0.1, 0.15) is 0 Å². The summed E-state index contributed by atoms with van der Waals surface area (Å²) in [5.41, 5.74) is 1.32. The minimum atomic E-state index is -2.29. The van der Waals surface area contributed by atoms with Crippen LogP contribution in [0.3, 0.4) is 0 Å². The third kappa shape index (κ3) is 3.26. The average Bonchev–Trinajstić information content (AvgIpc) is 2.59. The maximum absolute atomic E-state index is 13.2. The van der Waals surface area contributed by atoms with E-state index in [1.807, 2.05) is 6.08 Å². The summed E-state index contributed by atoms with van der Waals surface area (Å²) in [5.74, 6) is -2.60. The molecule has 0 saturated heterocycles. The highest BCUT2D eigenvalue weighted by Gasteiger charge is 2.68. The molecule has 0 aliphatic heterocycles. The van der Waals surface area contributed by atoms with E-state index in [0.717, 1.165) is 31.3 Å². The van der Waals surface area contributed by atoms with E-state index in [-0.39, 0.29) is 10.8 Å². The van der Waals surface area contributed by atoms with Crippen LogP contribution in [0.25, 0.3) is 0 Å². The summed E-state index contributed by atoms with van der Waals surface area (Å²) < 4.78 is 23.8. The first-order valence-corrected chi connectivity index (χ1v) is 12.2. The zero-order chi connectivity index (χ0) is 19.8. The van der Waals surface area contributed by atoms with Crippen LogP contribution in [0.2, 0.25) is 18.1 Å². The maximum atomic E-state index is 13.2. The number of Topliss-reactive ketones (excluding diaryl/α,β-unsaturated/α-hetero) is 1. The Kier molecular flexibility index (Phi) is 6.05. The SMILES string of the molecule is COC1(OC)C=C(C(=O)C2=CCCCC2)C1(OC)O[Si](C)(C)C(C)(C)C. The van der Waals surface area contributed by atoms with Crippen LogP contribution in [0.15, 0.2) is 23.3 Å². The molecule has 0 saturated carbocycles. The molecule has 1 unspecified atom stereocenters. The Labute approximate surface area is 158 Å². The second kappa shape index (κ2) is 7.32. The molecule has 0 radical (unpaired) electrons. The van der Waals surface area contributed by atoms with Gasteiger partial charge >= 0.3 is 0 Å². The number of carbonyl (C=O) groups excluding carboxylic acids is 1. The first kappa shape index (κ1) is 21.5. The second-order valence-corrected chi connectivity index (χ2v) is 13.3. The molecule has 148 valence electrons. The molecule has 5 nitrogen and oxygen atoms in total. The third-order valence-corrected chi connectivity index (χ3v) is 10.5. The maximum Gasteiger partial charge on any atom is 0.249 e. The van der Waals surface area contributed by atoms with Gasteiger partial charge in [-0.1, -0.05) is 26.8 Å². The predicted octanol–water partition coefficient (Wildman–Crippen LogP) is 4.35. The Balaban J connectivity index is 2.49. The minimum Gasteiger partial charge on any atom is -0.382 e. The first-order chi connectivity index (χ1) is 12.0. The molecule has 2 aliphatic carbocycles. The van der Waals surface area contributed by atoms with Gasteiger partial charge in [0.15, 0.2) is 14.1 Å². The molecule has 26 heavy (non-hydrogen) atoms. The largest absolute Gasteiger partial charge is 0.382 e. The zero-order valence-corrected chi connectivity index (χ0v) is 18.5. The summed E-state index contributed by atoms with van der Waals surface area (Å²) in [5, 5.41) is -0.0559. The number of hydrogen-bond acceptors (Lipinski definition) is 5. The van der Waals surface area contributed by atoms with Crippen molar-refractivity contribution in [2.75, 3.05) is 21.3 Å². The lowest BCUT2D eigenvalue weighted by Gasteiger charge is -2.56. The number of allylic oxidation sites excluding steroid dienone is 2. The van der Waals surface area contributed by atoms with E-state index < -0.39 is 19.9 Å². The van der Waals surface area contributed by atoms with Crippen LogP contribution in [0.5, 0.6) is 0 Å². The van der Waals surface area contributed by atoms with Gasteiger partial charge in [0.05, 0.1) is 5.57 Å². The van der Waals surface area contributed by atoms with Gasteiger partial charge in [0.25, 0.3) is 0 Å². The van der Waals surface area contributed by atoms with Gasteiger partial charge in [-0.25, -0.2) is 0 Å². The van der Waals surface area contributed by atoms with Crippen molar-refractivity contribution in [1.82, 2.24) is 0 Å². The van der Waals surface area contributed by atoms with Gasteiger partial charge in [-0.15, -0.1) is 0 Å². The van der Waals surface area contributed by atoms with Crippen molar-refractivity contribution in [3.8, 4) is 0 Å². The van der Waals surface area contributed by atoms with Gasteiger partial charge in [-0.05, 0) is 55.5 Å². The van der Waals surface area contributed by atoms with Crippen molar-refractivity contribution in [3.05, 3.63) is 23.3 Å². The van der Waals surface area contributed by atoms with Crippen LogP contribution in [0.4, 0.5) is 0 Å². The summed E-state index contributed by atoms with van der Waals surface area (Å²) >= 11 is 0. The van der Waals surface area contributed by atoms with Gasteiger partial charge in [-0.2, -0.15) is 0 Å². The quantitative estimate of drug-likeness (QED) is 0.484. The molecule has 0 aromatic rings. The zero-order valence-electron chi connectivity index (χ0n) is 17.5. The number of ether oxygens (including phenoxy) is 3. The van der Waals surface area contributed by atoms with Crippen molar-refractivity contribution in [3.63, 3.8) is 0 Å². The number of rotatable bonds is 7. The molecule has 2 rings (SSSR count). The summed E-state index contributed by atoms with van der Waals surface area (Å²) in [4.78, 5) is 13.2. The highest BCUT2D eigenvalue weighted by Crippen LogP contribution is 2.53. The Morgan fingerprint density at radius 1 is 1.08 bits per heavy atom. The Morgan fingerprint density at radius 2 is 1.69 bits per heavy atom. The van der Waals surface area contributed by atoms with E-state index in [2.05, 4.69) is 33.9 Å². The predicted molar refractivity (Wildman–Crippen MR) is 104 cm³/mol.